The summed E-state index contributed by atoms with van der Waals surface area (Å²) in [5.41, 5.74) is 3.24. The number of rotatable bonds is 16. The fourth-order valence-electron chi connectivity index (χ4n) is 4.51. The average molecular weight is 637 g/mol. The second-order valence-electron chi connectivity index (χ2n) is 10.9. The number of hydrogen-bond acceptors (Lipinski definition) is 9. The molecule has 4 aromatic rings. The number of unbranched alkanes of at least 4 members (excludes halogenated alkanes) is 2. The maximum Gasteiger partial charge on any atom is 0.488 e. The van der Waals surface area contributed by atoms with Gasteiger partial charge in [-0.1, -0.05) is 30.8 Å². The second-order valence-corrected chi connectivity index (χ2v) is 10.9. The van der Waals surface area contributed by atoms with E-state index in [0.717, 1.165) is 24.8 Å². The van der Waals surface area contributed by atoms with Gasteiger partial charge in [0, 0.05) is 6.42 Å². The Bertz CT molecular complexity index is 1680. The summed E-state index contributed by atoms with van der Waals surface area (Å²) < 4.78 is 22.8. The van der Waals surface area contributed by atoms with Gasteiger partial charge in [-0.15, -0.1) is 0 Å². The lowest BCUT2D eigenvalue weighted by Crippen LogP contribution is -2.29. The minimum atomic E-state index is -1.54. The molecule has 0 aliphatic rings. The molecule has 0 atom stereocenters. The zero-order valence-corrected chi connectivity index (χ0v) is 26.4. The Morgan fingerprint density at radius 2 is 1.19 bits per heavy atom. The van der Waals surface area contributed by atoms with Crippen LogP contribution in [0.3, 0.4) is 0 Å². The Morgan fingerprint density at radius 1 is 0.681 bits per heavy atom. The lowest BCUT2D eigenvalue weighted by molar-refractivity contribution is -0.114. The van der Waals surface area contributed by atoms with Gasteiger partial charge in [-0.25, -0.2) is 9.59 Å². The Labute approximate surface area is 274 Å². The normalized spacial score (nSPS) is 10.6. The average Bonchev–Trinajstić information content (AvgIpc) is 3.09. The van der Waals surface area contributed by atoms with Crippen LogP contribution in [0, 0.1) is 13.8 Å². The third kappa shape index (κ3) is 10.2. The van der Waals surface area contributed by atoms with Gasteiger partial charge in [0.1, 0.15) is 29.6 Å². The fraction of sp³-hybridized carbons (Fsp3) is 0.216. The van der Waals surface area contributed by atoms with E-state index < -0.39 is 19.1 Å². The maximum absolute atomic E-state index is 12.9. The molecule has 0 heterocycles. The zero-order chi connectivity index (χ0) is 33.8. The topological polar surface area (TPSA) is 129 Å². The van der Waals surface area contributed by atoms with Crippen molar-refractivity contribution in [2.75, 3.05) is 6.61 Å². The summed E-state index contributed by atoms with van der Waals surface area (Å²) in [6.45, 7) is 7.81. The summed E-state index contributed by atoms with van der Waals surface area (Å²) in [7, 11) is -1.54. The SMILES string of the molecule is C=CC(=O)CCCCCOc1ccc(C(=O)Oc2ccc(OC(=O)c3ccc(COc4ccc(B(O)O)cc4)cc3)c(C)c2C)cc1. The van der Waals surface area contributed by atoms with Crippen LogP contribution in [-0.2, 0) is 11.4 Å². The highest BCUT2D eigenvalue weighted by atomic mass is 16.5. The first-order chi connectivity index (χ1) is 22.6. The van der Waals surface area contributed by atoms with E-state index in [-0.39, 0.29) is 12.4 Å². The number of hydrogen-bond donors (Lipinski definition) is 2. The molecule has 0 unspecified atom stereocenters. The van der Waals surface area contributed by atoms with Crippen LogP contribution in [0.25, 0.3) is 0 Å². The van der Waals surface area contributed by atoms with E-state index in [0.29, 0.717) is 63.7 Å². The van der Waals surface area contributed by atoms with Crippen LogP contribution in [0.4, 0.5) is 0 Å². The number of carbonyl (C=O) groups excluding carboxylic acids is 3. The van der Waals surface area contributed by atoms with Crippen molar-refractivity contribution in [1.82, 2.24) is 0 Å². The molecular weight excluding hydrogens is 599 g/mol. The number of allylic oxidation sites excluding steroid dienone is 1. The quantitative estimate of drug-likeness (QED) is 0.0524. The minimum absolute atomic E-state index is 0.0489. The van der Waals surface area contributed by atoms with Crippen LogP contribution in [-0.4, -0.2) is 41.5 Å². The van der Waals surface area contributed by atoms with E-state index >= 15 is 0 Å². The summed E-state index contributed by atoms with van der Waals surface area (Å²) in [4.78, 5) is 37.0. The van der Waals surface area contributed by atoms with Crippen molar-refractivity contribution >= 4 is 30.3 Å². The molecule has 47 heavy (non-hydrogen) atoms. The van der Waals surface area contributed by atoms with Gasteiger partial charge in [0.2, 0.25) is 0 Å². The minimum Gasteiger partial charge on any atom is -0.494 e. The monoisotopic (exact) mass is 636 g/mol. The number of ether oxygens (including phenoxy) is 4. The van der Waals surface area contributed by atoms with Gasteiger partial charge in [0.15, 0.2) is 5.78 Å². The van der Waals surface area contributed by atoms with Crippen molar-refractivity contribution in [3.8, 4) is 23.0 Å². The highest BCUT2D eigenvalue weighted by molar-refractivity contribution is 6.58. The van der Waals surface area contributed by atoms with Crippen LogP contribution in [0.5, 0.6) is 23.0 Å². The lowest BCUT2D eigenvalue weighted by Gasteiger charge is -2.14. The van der Waals surface area contributed by atoms with Gasteiger partial charge >= 0.3 is 19.1 Å². The van der Waals surface area contributed by atoms with Gasteiger partial charge in [-0.05, 0) is 122 Å². The summed E-state index contributed by atoms with van der Waals surface area (Å²) >= 11 is 0. The second kappa shape index (κ2) is 16.9. The molecule has 9 nitrogen and oxygen atoms in total. The van der Waals surface area contributed by atoms with E-state index in [4.69, 9.17) is 18.9 Å². The molecule has 0 amide bonds. The first-order valence-electron chi connectivity index (χ1n) is 15.2. The smallest absolute Gasteiger partial charge is 0.488 e. The first kappa shape index (κ1) is 34.7. The largest absolute Gasteiger partial charge is 0.494 e. The van der Waals surface area contributed by atoms with E-state index in [1.807, 2.05) is 0 Å². The molecule has 0 aliphatic carbocycles. The first-order valence-corrected chi connectivity index (χ1v) is 15.2. The number of esters is 2. The molecule has 0 saturated carbocycles. The third-order valence-corrected chi connectivity index (χ3v) is 7.52. The standard InChI is InChI=1S/C37H37BO9/c1-4-31(39)8-6-5-7-23-44-32-17-13-29(14-18-32)37(41)47-35-22-21-34(25(2)26(35)3)46-36(40)28-11-9-27(10-12-28)24-45-33-19-15-30(16-20-33)38(42)43/h4,9-22,42-43H,1,5-8,23-24H2,2-3H3. The van der Waals surface area contributed by atoms with Crippen molar-refractivity contribution in [3.05, 3.63) is 125 Å². The van der Waals surface area contributed by atoms with Gasteiger partial charge in [0.05, 0.1) is 17.7 Å². The van der Waals surface area contributed by atoms with Crippen LogP contribution >= 0.6 is 0 Å². The zero-order valence-electron chi connectivity index (χ0n) is 26.4. The van der Waals surface area contributed by atoms with Crippen LogP contribution in [0.1, 0.15) is 63.1 Å². The highest BCUT2D eigenvalue weighted by Crippen LogP contribution is 2.30. The molecule has 0 fully saturated rings. The van der Waals surface area contributed by atoms with Gasteiger partial charge in [-0.2, -0.15) is 0 Å². The lowest BCUT2D eigenvalue weighted by atomic mass is 9.80. The van der Waals surface area contributed by atoms with E-state index in [1.165, 1.54) is 6.08 Å². The molecule has 4 aromatic carbocycles. The fourth-order valence-corrected chi connectivity index (χ4v) is 4.51. The van der Waals surface area contributed by atoms with Crippen molar-refractivity contribution in [2.24, 2.45) is 0 Å². The maximum atomic E-state index is 12.9. The van der Waals surface area contributed by atoms with Gasteiger partial charge < -0.3 is 29.0 Å². The van der Waals surface area contributed by atoms with Crippen LogP contribution in [0.2, 0.25) is 0 Å². The number of ketones is 1. The highest BCUT2D eigenvalue weighted by Gasteiger charge is 2.17. The summed E-state index contributed by atoms with van der Waals surface area (Å²) in [6, 6.07) is 23.1. The van der Waals surface area contributed by atoms with Crippen LogP contribution < -0.4 is 24.4 Å². The molecule has 4 rings (SSSR count). The molecule has 0 aromatic heterocycles. The molecule has 10 heteroatoms. The van der Waals surface area contributed by atoms with Gasteiger partial charge in [0.25, 0.3) is 0 Å². The molecule has 0 bridgehead atoms. The Balaban J connectivity index is 1.26. The molecule has 242 valence electrons. The Hall–Kier alpha value is -5.19. The van der Waals surface area contributed by atoms with Crippen molar-refractivity contribution in [2.45, 2.75) is 46.1 Å². The number of carbonyl (C=O) groups is 3. The molecule has 0 radical (unpaired) electrons. The van der Waals surface area contributed by atoms with Crippen molar-refractivity contribution in [1.29, 1.82) is 0 Å². The number of benzene rings is 4. The Kier molecular flexibility index (Phi) is 12.5. The Morgan fingerprint density at radius 3 is 1.72 bits per heavy atom. The van der Waals surface area contributed by atoms with Gasteiger partial charge in [-0.3, -0.25) is 4.79 Å². The summed E-state index contributed by atoms with van der Waals surface area (Å²) in [5, 5.41) is 18.4. The molecule has 0 spiro atoms. The summed E-state index contributed by atoms with van der Waals surface area (Å²) in [5.74, 6) is 0.900. The molecule has 2 N–H and O–H groups in total. The van der Waals surface area contributed by atoms with E-state index in [2.05, 4.69) is 6.58 Å². The molecule has 0 saturated heterocycles. The van der Waals surface area contributed by atoms with Crippen molar-refractivity contribution in [3.63, 3.8) is 0 Å². The predicted octanol–water partition coefficient (Wildman–Crippen LogP) is 5.69. The molecule has 0 aliphatic heterocycles. The van der Waals surface area contributed by atoms with Crippen molar-refractivity contribution < 1.29 is 43.4 Å². The summed E-state index contributed by atoms with van der Waals surface area (Å²) in [6.07, 6.45) is 4.33. The third-order valence-electron chi connectivity index (χ3n) is 7.52. The van der Waals surface area contributed by atoms with E-state index in [9.17, 15) is 24.4 Å². The van der Waals surface area contributed by atoms with E-state index in [1.54, 1.807) is 98.8 Å². The predicted molar refractivity (Wildman–Crippen MR) is 178 cm³/mol. The van der Waals surface area contributed by atoms with Crippen LogP contribution in [0.15, 0.2) is 97.6 Å². The molecular formula is C37H37BO9.